The maximum absolute atomic E-state index is 10.5. The van der Waals surface area contributed by atoms with Crippen molar-refractivity contribution in [2.24, 2.45) is 46.3 Å². The third kappa shape index (κ3) is 3.56. The van der Waals surface area contributed by atoms with Gasteiger partial charge in [-0.1, -0.05) is 72.0 Å². The second-order valence-electron chi connectivity index (χ2n) is 12.6. The predicted molar refractivity (Wildman–Crippen MR) is 124 cm³/mol. The molecule has 4 rings (SSSR count). The molecule has 0 aromatic heterocycles. The average molecular weight is 401 g/mol. The van der Waals surface area contributed by atoms with Crippen LogP contribution >= 0.6 is 0 Å². The highest BCUT2D eigenvalue weighted by molar-refractivity contribution is 5.34. The van der Waals surface area contributed by atoms with Crippen molar-refractivity contribution < 1.29 is 5.11 Å². The zero-order valence-corrected chi connectivity index (χ0v) is 20.3. The van der Waals surface area contributed by atoms with Crippen LogP contribution in [0.25, 0.3) is 0 Å². The largest absolute Gasteiger partial charge is 0.393 e. The van der Waals surface area contributed by atoms with E-state index in [0.717, 1.165) is 30.1 Å². The van der Waals surface area contributed by atoms with Crippen LogP contribution in [0.1, 0.15) is 112 Å². The van der Waals surface area contributed by atoms with Gasteiger partial charge in [0.15, 0.2) is 0 Å². The van der Waals surface area contributed by atoms with E-state index in [0.29, 0.717) is 22.7 Å². The molecule has 0 heterocycles. The Morgan fingerprint density at radius 2 is 1.72 bits per heavy atom. The van der Waals surface area contributed by atoms with E-state index in [-0.39, 0.29) is 6.10 Å². The lowest BCUT2D eigenvalue weighted by molar-refractivity contribution is -0.0336. The Labute approximate surface area is 181 Å². The minimum Gasteiger partial charge on any atom is -0.393 e. The first-order chi connectivity index (χ1) is 13.7. The first-order valence-electron chi connectivity index (χ1n) is 13.1. The van der Waals surface area contributed by atoms with E-state index in [1.54, 1.807) is 0 Å². The van der Waals surface area contributed by atoms with Gasteiger partial charge in [0.25, 0.3) is 0 Å². The summed E-state index contributed by atoms with van der Waals surface area (Å²) >= 11 is 0. The Kier molecular flexibility index (Phi) is 6.04. The minimum absolute atomic E-state index is 0.0633. The van der Waals surface area contributed by atoms with E-state index in [9.17, 15) is 5.11 Å². The van der Waals surface area contributed by atoms with Gasteiger partial charge in [0.2, 0.25) is 0 Å². The second kappa shape index (κ2) is 7.99. The summed E-state index contributed by atoms with van der Waals surface area (Å²) in [5.41, 5.74) is 4.73. The zero-order chi connectivity index (χ0) is 21.0. The van der Waals surface area contributed by atoms with Gasteiger partial charge >= 0.3 is 0 Å². The van der Waals surface area contributed by atoms with Crippen LogP contribution in [0.4, 0.5) is 0 Å². The van der Waals surface area contributed by atoms with E-state index >= 15 is 0 Å². The summed E-state index contributed by atoms with van der Waals surface area (Å²) in [6.07, 6.45) is 14.8. The fourth-order valence-electron chi connectivity index (χ4n) is 8.93. The molecular formula is C28H48O. The van der Waals surface area contributed by atoms with Gasteiger partial charge in [0, 0.05) is 0 Å². The van der Waals surface area contributed by atoms with Crippen molar-refractivity contribution in [3.05, 3.63) is 11.1 Å². The Morgan fingerprint density at radius 3 is 2.45 bits per heavy atom. The van der Waals surface area contributed by atoms with E-state index in [2.05, 4.69) is 41.5 Å². The molecular weight excluding hydrogens is 352 g/mol. The van der Waals surface area contributed by atoms with Crippen molar-refractivity contribution in [1.29, 1.82) is 0 Å². The molecule has 0 aromatic carbocycles. The fraction of sp³-hybridized carbons (Fsp3) is 0.929. The first-order valence-corrected chi connectivity index (χ1v) is 13.1. The summed E-state index contributed by atoms with van der Waals surface area (Å²) in [7, 11) is 0. The Hall–Kier alpha value is -0.300. The molecule has 8 atom stereocenters. The number of hydrogen-bond donors (Lipinski definition) is 1. The van der Waals surface area contributed by atoms with Crippen molar-refractivity contribution in [3.63, 3.8) is 0 Å². The van der Waals surface area contributed by atoms with Gasteiger partial charge in [-0.25, -0.2) is 0 Å². The summed E-state index contributed by atoms with van der Waals surface area (Å²) in [4.78, 5) is 0. The van der Waals surface area contributed by atoms with Gasteiger partial charge in [-0.2, -0.15) is 0 Å². The molecule has 0 aromatic rings. The van der Waals surface area contributed by atoms with Gasteiger partial charge in [-0.05, 0) is 97.7 Å². The molecule has 0 saturated heterocycles. The van der Waals surface area contributed by atoms with E-state index in [1.807, 2.05) is 11.1 Å². The monoisotopic (exact) mass is 400 g/mol. The SMILES string of the molecule is CC(C)CCC[C@@H](C)[C@H]1CC[C@H]2C3=C(CC[C@]12C)[C@@]1(C)CC[C@@H](O)[C@H](C)[C@H]1CC3. The van der Waals surface area contributed by atoms with Crippen molar-refractivity contribution in [2.75, 3.05) is 0 Å². The lowest BCUT2D eigenvalue weighted by atomic mass is 9.49. The molecule has 0 amide bonds. The van der Waals surface area contributed by atoms with Crippen LogP contribution in [0.15, 0.2) is 11.1 Å². The molecule has 2 fully saturated rings. The molecule has 0 bridgehead atoms. The zero-order valence-electron chi connectivity index (χ0n) is 20.3. The summed E-state index contributed by atoms with van der Waals surface area (Å²) < 4.78 is 0. The summed E-state index contributed by atoms with van der Waals surface area (Å²) in [5, 5.41) is 10.5. The molecule has 2 saturated carbocycles. The highest BCUT2D eigenvalue weighted by atomic mass is 16.3. The highest BCUT2D eigenvalue weighted by Gasteiger charge is 2.56. The van der Waals surface area contributed by atoms with Crippen LogP contribution in [0, 0.1) is 46.3 Å². The van der Waals surface area contributed by atoms with Crippen molar-refractivity contribution in [1.82, 2.24) is 0 Å². The lowest BCUT2D eigenvalue weighted by Crippen LogP contribution is -2.49. The lowest BCUT2D eigenvalue weighted by Gasteiger charge is -2.56. The number of rotatable bonds is 5. The number of hydrogen-bond acceptors (Lipinski definition) is 1. The molecule has 4 aliphatic carbocycles. The standard InChI is InChI=1S/C28H48O/c1-18(2)8-7-9-19(3)22-12-13-24-21-10-11-23-20(4)26(29)15-17-28(23,6)25(21)14-16-27(22,24)5/h18-20,22-24,26,29H,7-17H2,1-6H3/t19-,20-,22-,23-,24+,26-,27-,28+/m1/s1. The number of fused-ring (bicyclic) bond motifs is 4. The normalized spacial score (nSPS) is 45.7. The van der Waals surface area contributed by atoms with E-state index in [1.165, 1.54) is 64.2 Å². The van der Waals surface area contributed by atoms with Gasteiger partial charge in [-0.15, -0.1) is 0 Å². The molecule has 0 unspecified atom stereocenters. The maximum Gasteiger partial charge on any atom is 0.0569 e. The average Bonchev–Trinajstić information content (AvgIpc) is 3.02. The molecule has 0 spiro atoms. The van der Waals surface area contributed by atoms with Gasteiger partial charge in [0.1, 0.15) is 0 Å². The molecule has 1 N–H and O–H groups in total. The van der Waals surface area contributed by atoms with Crippen molar-refractivity contribution >= 4 is 0 Å². The van der Waals surface area contributed by atoms with E-state index in [4.69, 9.17) is 0 Å². The molecule has 166 valence electrons. The topological polar surface area (TPSA) is 20.2 Å². The van der Waals surface area contributed by atoms with Gasteiger partial charge < -0.3 is 5.11 Å². The Morgan fingerprint density at radius 1 is 0.966 bits per heavy atom. The maximum atomic E-state index is 10.5. The van der Waals surface area contributed by atoms with Crippen LogP contribution in [0.5, 0.6) is 0 Å². The summed E-state index contributed by atoms with van der Waals surface area (Å²) in [6.45, 7) is 14.9. The Bertz CT molecular complexity index is 632. The molecule has 0 radical (unpaired) electrons. The number of aliphatic hydroxyl groups excluding tert-OH is 1. The third-order valence-electron chi connectivity index (χ3n) is 10.7. The first kappa shape index (κ1) is 21.9. The quantitative estimate of drug-likeness (QED) is 0.467. The second-order valence-corrected chi connectivity index (χ2v) is 12.6. The molecule has 0 aliphatic heterocycles. The molecule has 4 aliphatic rings. The summed E-state index contributed by atoms with van der Waals surface area (Å²) in [5.74, 6) is 4.73. The van der Waals surface area contributed by atoms with E-state index < -0.39 is 0 Å². The van der Waals surface area contributed by atoms with Crippen LogP contribution in [-0.4, -0.2) is 11.2 Å². The van der Waals surface area contributed by atoms with Crippen LogP contribution < -0.4 is 0 Å². The number of allylic oxidation sites excluding steroid dienone is 2. The third-order valence-corrected chi connectivity index (χ3v) is 10.7. The summed E-state index contributed by atoms with van der Waals surface area (Å²) in [6, 6.07) is 0. The number of aliphatic hydroxyl groups is 1. The van der Waals surface area contributed by atoms with Crippen molar-refractivity contribution in [2.45, 2.75) is 118 Å². The van der Waals surface area contributed by atoms with Crippen LogP contribution in [0.3, 0.4) is 0 Å². The van der Waals surface area contributed by atoms with Gasteiger partial charge in [-0.3, -0.25) is 0 Å². The molecule has 29 heavy (non-hydrogen) atoms. The molecule has 1 heteroatoms. The Balaban J connectivity index is 1.54. The fourth-order valence-corrected chi connectivity index (χ4v) is 8.93. The predicted octanol–water partition coefficient (Wildman–Crippen LogP) is 7.78. The van der Waals surface area contributed by atoms with Crippen LogP contribution in [0.2, 0.25) is 0 Å². The highest BCUT2D eigenvalue weighted by Crippen LogP contribution is 2.66. The van der Waals surface area contributed by atoms with Gasteiger partial charge in [0.05, 0.1) is 6.10 Å². The van der Waals surface area contributed by atoms with Crippen LogP contribution in [-0.2, 0) is 0 Å². The smallest absolute Gasteiger partial charge is 0.0569 e. The molecule has 1 nitrogen and oxygen atoms in total. The minimum atomic E-state index is -0.0633. The van der Waals surface area contributed by atoms with Crippen molar-refractivity contribution in [3.8, 4) is 0 Å².